The van der Waals surface area contributed by atoms with E-state index in [0.29, 0.717) is 24.1 Å². The number of carbonyl (C=O) groups excluding carboxylic acids is 1. The third kappa shape index (κ3) is 6.74. The maximum absolute atomic E-state index is 11.5. The zero-order chi connectivity index (χ0) is 16.6. The molecule has 0 saturated carbocycles. The van der Waals surface area contributed by atoms with Gasteiger partial charge in [-0.1, -0.05) is 0 Å². The fourth-order valence-corrected chi connectivity index (χ4v) is 6.31. The molecule has 22 heavy (non-hydrogen) atoms. The Kier molecular flexibility index (Phi) is 9.30. The van der Waals surface area contributed by atoms with Gasteiger partial charge in [-0.05, 0) is 50.3 Å². The van der Waals surface area contributed by atoms with Gasteiger partial charge in [0.25, 0.3) is 6.64 Å². The summed E-state index contributed by atoms with van der Waals surface area (Å²) in [5.41, 5.74) is 0. The van der Waals surface area contributed by atoms with Crippen molar-refractivity contribution in [3.63, 3.8) is 0 Å². The lowest BCUT2D eigenvalue weighted by Gasteiger charge is -2.37. The molecule has 0 aromatic heterocycles. The van der Waals surface area contributed by atoms with Gasteiger partial charge in [-0.3, -0.25) is 5.41 Å². The Morgan fingerprint density at radius 1 is 1.50 bits per heavy atom. The molecular formula is C11H22N3O4PS3. The van der Waals surface area contributed by atoms with Crippen LogP contribution in [0.15, 0.2) is 0 Å². The zero-order valence-electron chi connectivity index (χ0n) is 12.9. The second kappa shape index (κ2) is 10.1. The lowest BCUT2D eigenvalue weighted by molar-refractivity contribution is 0.158. The van der Waals surface area contributed by atoms with Crippen molar-refractivity contribution in [1.29, 1.82) is 5.41 Å². The quantitative estimate of drug-likeness (QED) is 0.227. The molecule has 11 heteroatoms. The third-order valence-corrected chi connectivity index (χ3v) is 8.47. The molecule has 1 fully saturated rings. The largest absolute Gasteiger partial charge is 0.442 e. The Labute approximate surface area is 145 Å². The van der Waals surface area contributed by atoms with Gasteiger partial charge < -0.3 is 19.1 Å². The van der Waals surface area contributed by atoms with Gasteiger partial charge in [0, 0.05) is 6.04 Å². The van der Waals surface area contributed by atoms with Crippen LogP contribution in [0.4, 0.5) is 4.79 Å². The first kappa shape index (κ1) is 20.2. The zero-order valence-corrected chi connectivity index (χ0v) is 16.2. The molecule has 1 rings (SSSR count). The first-order chi connectivity index (χ1) is 10.4. The van der Waals surface area contributed by atoms with Crippen molar-refractivity contribution in [3.05, 3.63) is 0 Å². The van der Waals surface area contributed by atoms with Crippen molar-refractivity contribution in [2.45, 2.75) is 26.3 Å². The number of carbonyl (C=O) groups is 1. The molecule has 7 nitrogen and oxygen atoms in total. The van der Waals surface area contributed by atoms with Crippen molar-refractivity contribution in [3.8, 4) is 0 Å². The van der Waals surface area contributed by atoms with Crippen LogP contribution in [0.2, 0.25) is 0 Å². The minimum atomic E-state index is -2.48. The normalized spacial score (nSPS) is 17.5. The highest BCUT2D eigenvalue weighted by molar-refractivity contribution is 8.15. The Morgan fingerprint density at radius 2 is 2.14 bits per heavy atom. The molecule has 1 aliphatic heterocycles. The van der Waals surface area contributed by atoms with Crippen LogP contribution in [0, 0.1) is 5.41 Å². The van der Waals surface area contributed by atoms with Crippen LogP contribution in [0.1, 0.15) is 20.3 Å². The van der Waals surface area contributed by atoms with E-state index in [1.165, 1.54) is 23.7 Å². The second-order valence-corrected chi connectivity index (χ2v) is 9.92. The van der Waals surface area contributed by atoms with Crippen LogP contribution in [0.25, 0.3) is 0 Å². The molecular weight excluding hydrogens is 365 g/mol. The van der Waals surface area contributed by atoms with Crippen LogP contribution in [-0.4, -0.2) is 53.2 Å². The molecule has 0 aromatic rings. The Bertz CT molecular complexity index is 429. The SMILES string of the molecule is CSC(=N)COC(=O)NCSN(C(C)C)P1(=S)OCCCO1. The van der Waals surface area contributed by atoms with E-state index < -0.39 is 12.7 Å². The first-order valence-corrected chi connectivity index (χ1v) is 11.5. The van der Waals surface area contributed by atoms with E-state index in [2.05, 4.69) is 5.32 Å². The van der Waals surface area contributed by atoms with Gasteiger partial charge >= 0.3 is 6.09 Å². The van der Waals surface area contributed by atoms with E-state index in [9.17, 15) is 4.79 Å². The number of hydrogen-bond donors (Lipinski definition) is 2. The molecule has 0 bridgehead atoms. The van der Waals surface area contributed by atoms with Crippen LogP contribution in [0.5, 0.6) is 0 Å². The fourth-order valence-electron chi connectivity index (χ4n) is 1.47. The minimum absolute atomic E-state index is 0.0181. The van der Waals surface area contributed by atoms with Crippen LogP contribution < -0.4 is 5.32 Å². The Balaban J connectivity index is 2.40. The van der Waals surface area contributed by atoms with Gasteiger partial charge in [-0.2, -0.15) is 4.08 Å². The molecule has 1 heterocycles. The Hall–Kier alpha value is 0.170. The minimum Gasteiger partial charge on any atom is -0.442 e. The number of rotatable bonds is 7. The summed E-state index contributed by atoms with van der Waals surface area (Å²) in [6, 6.07) is 0.122. The summed E-state index contributed by atoms with van der Waals surface area (Å²) in [5, 5.41) is 10.3. The molecule has 128 valence electrons. The number of ether oxygens (including phenoxy) is 1. The molecule has 2 N–H and O–H groups in total. The number of hydrogen-bond acceptors (Lipinski definition) is 8. The highest BCUT2D eigenvalue weighted by Gasteiger charge is 2.33. The number of amides is 1. The smallest absolute Gasteiger partial charge is 0.408 e. The predicted molar refractivity (Wildman–Crippen MR) is 96.0 cm³/mol. The number of nitrogens with one attached hydrogen (secondary N) is 2. The summed E-state index contributed by atoms with van der Waals surface area (Å²) < 4.78 is 18.2. The highest BCUT2D eigenvalue weighted by atomic mass is 32.5. The van der Waals surface area contributed by atoms with Gasteiger partial charge in [-0.25, -0.2) is 4.79 Å². The summed E-state index contributed by atoms with van der Waals surface area (Å²) in [7, 11) is 0. The number of nitrogens with zero attached hydrogens (tertiary/aromatic N) is 1. The van der Waals surface area contributed by atoms with E-state index in [1.807, 2.05) is 17.9 Å². The summed E-state index contributed by atoms with van der Waals surface area (Å²) >= 11 is 8.13. The van der Waals surface area contributed by atoms with Crippen molar-refractivity contribution in [2.24, 2.45) is 0 Å². The number of alkyl carbamates (subject to hydrolysis) is 1. The maximum Gasteiger partial charge on any atom is 0.408 e. The van der Waals surface area contributed by atoms with E-state index in [1.54, 1.807) is 6.26 Å². The van der Waals surface area contributed by atoms with Gasteiger partial charge in [0.05, 0.1) is 19.1 Å². The van der Waals surface area contributed by atoms with Crippen molar-refractivity contribution in [1.82, 2.24) is 9.39 Å². The van der Waals surface area contributed by atoms with Crippen LogP contribution in [-0.2, 0) is 25.6 Å². The summed E-state index contributed by atoms with van der Waals surface area (Å²) in [5.74, 6) is 0.300. The molecule has 0 aromatic carbocycles. The average Bonchev–Trinajstić information content (AvgIpc) is 2.49. The first-order valence-electron chi connectivity index (χ1n) is 6.73. The topological polar surface area (TPSA) is 83.9 Å². The van der Waals surface area contributed by atoms with E-state index in [0.717, 1.165) is 6.42 Å². The van der Waals surface area contributed by atoms with Crippen LogP contribution >= 0.6 is 30.4 Å². The molecule has 1 aliphatic rings. The van der Waals surface area contributed by atoms with E-state index >= 15 is 0 Å². The fraction of sp³-hybridized carbons (Fsp3) is 0.818. The molecule has 0 spiro atoms. The molecule has 0 atom stereocenters. The molecule has 1 amide bonds. The molecule has 0 radical (unpaired) electrons. The lowest BCUT2D eigenvalue weighted by Crippen LogP contribution is -2.31. The predicted octanol–water partition coefficient (Wildman–Crippen LogP) is 3.03. The average molecular weight is 387 g/mol. The molecule has 1 saturated heterocycles. The van der Waals surface area contributed by atoms with E-state index in [4.69, 9.17) is 31.0 Å². The summed E-state index contributed by atoms with van der Waals surface area (Å²) in [6.07, 6.45) is 2.05. The third-order valence-electron chi connectivity index (χ3n) is 2.47. The monoisotopic (exact) mass is 387 g/mol. The lowest BCUT2D eigenvalue weighted by atomic mass is 10.4. The van der Waals surface area contributed by atoms with Crippen molar-refractivity contribution in [2.75, 3.05) is 32.0 Å². The van der Waals surface area contributed by atoms with Gasteiger partial charge in [-0.15, -0.1) is 11.8 Å². The van der Waals surface area contributed by atoms with Gasteiger partial charge in [0.15, 0.2) is 0 Å². The number of thioether (sulfide) groups is 1. The maximum atomic E-state index is 11.5. The molecule has 0 unspecified atom stereocenters. The standard InChI is InChI=1S/C11H22N3O4PS3/c1-9(2)14(19(20)17-5-4-6-18-19)22-8-13-11(15)16-7-10(12)21-3/h9,12H,4-8H2,1-3H3,(H,13,15). The van der Waals surface area contributed by atoms with Crippen molar-refractivity contribution < 1.29 is 18.6 Å². The Morgan fingerprint density at radius 3 is 2.68 bits per heavy atom. The van der Waals surface area contributed by atoms with Gasteiger partial charge in [0.2, 0.25) is 0 Å². The molecule has 0 aliphatic carbocycles. The highest BCUT2D eigenvalue weighted by Crippen LogP contribution is 2.58. The van der Waals surface area contributed by atoms with Gasteiger partial charge in [0.1, 0.15) is 11.7 Å². The van der Waals surface area contributed by atoms with Crippen molar-refractivity contribution >= 4 is 53.3 Å². The van der Waals surface area contributed by atoms with E-state index in [-0.39, 0.29) is 12.6 Å². The summed E-state index contributed by atoms with van der Waals surface area (Å²) in [4.78, 5) is 11.5. The second-order valence-electron chi connectivity index (χ2n) is 4.54. The summed E-state index contributed by atoms with van der Waals surface area (Å²) in [6.45, 7) is 2.72. The van der Waals surface area contributed by atoms with Crippen LogP contribution in [0.3, 0.4) is 0 Å².